The first-order chi connectivity index (χ1) is 11.1. The van der Waals surface area contributed by atoms with E-state index in [-0.39, 0.29) is 18.7 Å². The monoisotopic (exact) mass is 334 g/mol. The minimum absolute atomic E-state index is 0.0134. The topological polar surface area (TPSA) is 70.4 Å². The summed E-state index contributed by atoms with van der Waals surface area (Å²) in [7, 11) is 0. The minimum atomic E-state index is -0.228. The van der Waals surface area contributed by atoms with Gasteiger partial charge in [0.25, 0.3) is 0 Å². The Labute approximate surface area is 139 Å². The summed E-state index contributed by atoms with van der Waals surface area (Å²) in [6, 6.07) is 7.06. The highest BCUT2D eigenvalue weighted by molar-refractivity contribution is 6.32. The molecule has 2 aromatic rings. The first-order valence-electron chi connectivity index (χ1n) is 7.60. The number of carbonyl (C=O) groups is 1. The van der Waals surface area contributed by atoms with Gasteiger partial charge in [-0.3, -0.25) is 5.32 Å². The summed E-state index contributed by atoms with van der Waals surface area (Å²) in [4.78, 5) is 14.0. The fraction of sp³-hybridized carbons (Fsp3) is 0.375. The molecule has 1 unspecified atom stereocenters. The molecule has 122 valence electrons. The van der Waals surface area contributed by atoms with Gasteiger partial charge >= 0.3 is 6.03 Å². The number of rotatable bonds is 3. The van der Waals surface area contributed by atoms with Gasteiger partial charge in [0.2, 0.25) is 0 Å². The van der Waals surface area contributed by atoms with Crippen LogP contribution in [0.4, 0.5) is 10.6 Å². The lowest BCUT2D eigenvalue weighted by Crippen LogP contribution is -2.40. The third-order valence-electron chi connectivity index (χ3n) is 4.07. The number of aliphatic hydroxyl groups excluding tert-OH is 1. The maximum Gasteiger partial charge on any atom is 0.323 e. The maximum atomic E-state index is 12.4. The average Bonchev–Trinajstić information content (AvgIpc) is 3.15. The number of nitrogens with zero attached hydrogens (tertiary/aromatic N) is 3. The largest absolute Gasteiger partial charge is 0.394 e. The van der Waals surface area contributed by atoms with Gasteiger partial charge in [-0.15, -0.1) is 5.10 Å². The summed E-state index contributed by atoms with van der Waals surface area (Å²) in [5, 5.41) is 17.2. The van der Waals surface area contributed by atoms with E-state index < -0.39 is 0 Å². The average molecular weight is 335 g/mol. The van der Waals surface area contributed by atoms with Crippen LogP contribution in [0, 0.1) is 6.92 Å². The van der Waals surface area contributed by atoms with Crippen molar-refractivity contribution < 1.29 is 9.90 Å². The maximum absolute atomic E-state index is 12.4. The SMILES string of the molecule is Cc1cn(-c2ccccc2Cl)nc1NC(=O)N1CCCC1CO. The van der Waals surface area contributed by atoms with Crippen molar-refractivity contribution in [2.24, 2.45) is 0 Å². The second-order valence-corrected chi connectivity index (χ2v) is 6.07. The summed E-state index contributed by atoms with van der Waals surface area (Å²) in [5.41, 5.74) is 1.60. The highest BCUT2D eigenvalue weighted by Crippen LogP contribution is 2.23. The molecule has 1 aliphatic rings. The van der Waals surface area contributed by atoms with Gasteiger partial charge in [-0.05, 0) is 31.9 Å². The van der Waals surface area contributed by atoms with Crippen LogP contribution in [-0.4, -0.2) is 45.0 Å². The van der Waals surface area contributed by atoms with Gasteiger partial charge in [-0.25, -0.2) is 9.48 Å². The van der Waals surface area contributed by atoms with Crippen LogP contribution in [0.2, 0.25) is 5.02 Å². The van der Waals surface area contributed by atoms with Gasteiger partial charge in [0.1, 0.15) is 0 Å². The number of benzene rings is 1. The summed E-state index contributed by atoms with van der Waals surface area (Å²) < 4.78 is 1.65. The summed E-state index contributed by atoms with van der Waals surface area (Å²) in [5.74, 6) is 0.499. The molecule has 1 aromatic heterocycles. The van der Waals surface area contributed by atoms with E-state index in [0.29, 0.717) is 17.4 Å². The number of nitrogens with one attached hydrogen (secondary N) is 1. The fourth-order valence-electron chi connectivity index (χ4n) is 2.81. The van der Waals surface area contributed by atoms with E-state index in [1.54, 1.807) is 15.6 Å². The van der Waals surface area contributed by atoms with Gasteiger partial charge in [0.15, 0.2) is 5.82 Å². The van der Waals surface area contributed by atoms with Crippen molar-refractivity contribution in [3.63, 3.8) is 0 Å². The molecule has 0 spiro atoms. The van der Waals surface area contributed by atoms with Crippen molar-refractivity contribution in [1.29, 1.82) is 0 Å². The number of urea groups is 1. The Morgan fingerprint density at radius 2 is 2.26 bits per heavy atom. The second-order valence-electron chi connectivity index (χ2n) is 5.66. The third kappa shape index (κ3) is 3.18. The van der Waals surface area contributed by atoms with Crippen molar-refractivity contribution in [1.82, 2.24) is 14.7 Å². The molecule has 23 heavy (non-hydrogen) atoms. The smallest absolute Gasteiger partial charge is 0.323 e. The molecular weight excluding hydrogens is 316 g/mol. The molecule has 2 amide bonds. The Hall–Kier alpha value is -2.05. The van der Waals surface area contributed by atoms with Crippen LogP contribution >= 0.6 is 11.6 Å². The van der Waals surface area contributed by atoms with E-state index in [4.69, 9.17) is 11.6 Å². The van der Waals surface area contributed by atoms with Crippen LogP contribution in [0.25, 0.3) is 5.69 Å². The minimum Gasteiger partial charge on any atom is -0.394 e. The third-order valence-corrected chi connectivity index (χ3v) is 4.39. The van der Waals surface area contributed by atoms with E-state index in [1.165, 1.54) is 0 Å². The zero-order chi connectivity index (χ0) is 16.4. The molecular formula is C16H19ClN4O2. The lowest BCUT2D eigenvalue weighted by Gasteiger charge is -2.22. The molecule has 0 aliphatic carbocycles. The number of hydrogen-bond donors (Lipinski definition) is 2. The number of para-hydroxylation sites is 1. The first-order valence-corrected chi connectivity index (χ1v) is 7.97. The quantitative estimate of drug-likeness (QED) is 0.906. The standard InChI is InChI=1S/C16H19ClN4O2/c1-11-9-21(14-7-3-2-6-13(14)17)19-15(11)18-16(23)20-8-4-5-12(20)10-22/h2-3,6-7,9,12,22H,4-5,8,10H2,1H3,(H,18,19,23). The molecule has 3 rings (SSSR count). The Balaban J connectivity index is 1.79. The van der Waals surface area contributed by atoms with Gasteiger partial charge in [-0.1, -0.05) is 23.7 Å². The Kier molecular flexibility index (Phi) is 4.54. The predicted octanol–water partition coefficient (Wildman–Crippen LogP) is 2.82. The van der Waals surface area contributed by atoms with Gasteiger partial charge in [0.05, 0.1) is 23.4 Å². The number of likely N-dealkylation sites (tertiary alicyclic amines) is 1. The molecule has 7 heteroatoms. The molecule has 0 saturated carbocycles. The normalized spacial score (nSPS) is 17.5. The summed E-state index contributed by atoms with van der Waals surface area (Å²) in [6.45, 7) is 2.52. The molecule has 2 heterocycles. The molecule has 1 fully saturated rings. The molecule has 1 aromatic carbocycles. The van der Waals surface area contributed by atoms with E-state index in [0.717, 1.165) is 24.1 Å². The van der Waals surface area contributed by atoms with Crippen molar-refractivity contribution in [2.75, 3.05) is 18.5 Å². The predicted molar refractivity (Wildman–Crippen MR) is 89.1 cm³/mol. The number of carbonyl (C=O) groups excluding carboxylic acids is 1. The van der Waals surface area contributed by atoms with E-state index in [9.17, 15) is 9.90 Å². The number of aliphatic hydroxyl groups is 1. The van der Waals surface area contributed by atoms with Crippen molar-refractivity contribution in [2.45, 2.75) is 25.8 Å². The van der Waals surface area contributed by atoms with Crippen molar-refractivity contribution in [3.05, 3.63) is 41.0 Å². The van der Waals surface area contributed by atoms with Gasteiger partial charge < -0.3 is 10.0 Å². The Morgan fingerprint density at radius 3 is 3.00 bits per heavy atom. The number of halogens is 1. The van der Waals surface area contributed by atoms with Crippen LogP contribution in [0.1, 0.15) is 18.4 Å². The van der Waals surface area contributed by atoms with Crippen LogP contribution in [0.3, 0.4) is 0 Å². The van der Waals surface area contributed by atoms with E-state index >= 15 is 0 Å². The zero-order valence-electron chi connectivity index (χ0n) is 12.9. The molecule has 1 saturated heterocycles. The Morgan fingerprint density at radius 1 is 1.48 bits per heavy atom. The molecule has 6 nitrogen and oxygen atoms in total. The molecule has 0 bridgehead atoms. The number of aromatic nitrogens is 2. The van der Waals surface area contributed by atoms with Crippen LogP contribution in [-0.2, 0) is 0 Å². The van der Waals surface area contributed by atoms with Gasteiger partial charge in [-0.2, -0.15) is 0 Å². The zero-order valence-corrected chi connectivity index (χ0v) is 13.6. The first kappa shape index (κ1) is 15.8. The van der Waals surface area contributed by atoms with E-state index in [2.05, 4.69) is 10.4 Å². The highest BCUT2D eigenvalue weighted by Gasteiger charge is 2.28. The van der Waals surface area contributed by atoms with Gasteiger partial charge in [0, 0.05) is 18.3 Å². The van der Waals surface area contributed by atoms with Crippen molar-refractivity contribution in [3.8, 4) is 5.69 Å². The molecule has 1 aliphatic heterocycles. The van der Waals surface area contributed by atoms with Crippen molar-refractivity contribution >= 4 is 23.4 Å². The number of amides is 2. The molecule has 0 radical (unpaired) electrons. The number of aryl methyl sites for hydroxylation is 1. The lowest BCUT2D eigenvalue weighted by molar-refractivity contribution is 0.166. The fourth-order valence-corrected chi connectivity index (χ4v) is 3.03. The van der Waals surface area contributed by atoms with E-state index in [1.807, 2.05) is 31.3 Å². The van der Waals surface area contributed by atoms with Crippen LogP contribution < -0.4 is 5.32 Å². The summed E-state index contributed by atoms with van der Waals surface area (Å²) in [6.07, 6.45) is 3.56. The molecule has 1 atom stereocenters. The Bertz CT molecular complexity index is 716. The lowest BCUT2D eigenvalue weighted by atomic mass is 10.2. The van der Waals surface area contributed by atoms with Crippen LogP contribution in [0.15, 0.2) is 30.5 Å². The number of hydrogen-bond acceptors (Lipinski definition) is 3. The molecule has 2 N–H and O–H groups in total. The second kappa shape index (κ2) is 6.60. The highest BCUT2D eigenvalue weighted by atomic mass is 35.5. The van der Waals surface area contributed by atoms with Crippen LogP contribution in [0.5, 0.6) is 0 Å². The summed E-state index contributed by atoms with van der Waals surface area (Å²) >= 11 is 6.18. The number of anilines is 1.